The number of rotatable bonds is 9. The van der Waals surface area contributed by atoms with Crippen LogP contribution in [0.4, 0.5) is 5.69 Å². The number of carboxylic acid groups (broad SMARTS) is 1. The first kappa shape index (κ1) is 25.3. The molecule has 0 unspecified atom stereocenters. The van der Waals surface area contributed by atoms with Gasteiger partial charge in [0.05, 0.1) is 23.3 Å². The number of anilines is 1. The minimum Gasteiger partial charge on any atom is -0.478 e. The van der Waals surface area contributed by atoms with Gasteiger partial charge in [-0.2, -0.15) is 4.68 Å². The SMILES string of the molecule is Cn1cnc(C[C@H](NC(=O)C=Cc2cc(Cl)ccc2-n2cnnn2)C(=O)Nc2ccc(C(=O)O)cc2)c1. The summed E-state index contributed by atoms with van der Waals surface area (Å²) in [5.41, 5.74) is 2.26. The molecule has 0 saturated carbocycles. The number of amides is 2. The number of aromatic carboxylic acids is 1. The molecule has 0 aliphatic heterocycles. The van der Waals surface area contributed by atoms with Crippen molar-refractivity contribution in [1.29, 1.82) is 0 Å². The predicted octanol–water partition coefficient (Wildman–Crippen LogP) is 2.13. The summed E-state index contributed by atoms with van der Waals surface area (Å²) in [4.78, 5) is 41.2. The van der Waals surface area contributed by atoms with Crippen molar-refractivity contribution in [2.75, 3.05) is 5.32 Å². The fourth-order valence-corrected chi connectivity index (χ4v) is 3.62. The first-order valence-electron chi connectivity index (χ1n) is 10.9. The van der Waals surface area contributed by atoms with E-state index in [2.05, 4.69) is 31.1 Å². The predicted molar refractivity (Wildman–Crippen MR) is 134 cm³/mol. The summed E-state index contributed by atoms with van der Waals surface area (Å²) in [5, 5.41) is 26.0. The Balaban J connectivity index is 1.51. The Bertz CT molecular complexity index is 1450. The van der Waals surface area contributed by atoms with Crippen LogP contribution in [-0.2, 0) is 23.1 Å². The standard InChI is InChI=1S/C24H21ClN8O4/c1-32-12-19(26-13-32)11-20(23(35)28-18-6-2-15(3-7-18)24(36)37)29-22(34)9-4-16-10-17(25)5-8-21(16)33-14-27-30-31-33/h2-10,12-14,20H,11H2,1H3,(H,28,35)(H,29,34)(H,36,37)/t20-/m0/s1. The molecule has 13 heteroatoms. The van der Waals surface area contributed by atoms with E-state index >= 15 is 0 Å². The lowest BCUT2D eigenvalue weighted by molar-refractivity contribution is -0.123. The van der Waals surface area contributed by atoms with Gasteiger partial charge in [-0.3, -0.25) is 9.59 Å². The molecule has 12 nitrogen and oxygen atoms in total. The van der Waals surface area contributed by atoms with Crippen molar-refractivity contribution in [1.82, 2.24) is 35.1 Å². The van der Waals surface area contributed by atoms with Crippen LogP contribution in [0.25, 0.3) is 11.8 Å². The Kier molecular flexibility index (Phi) is 7.69. The average Bonchev–Trinajstić information content (AvgIpc) is 3.55. The first-order chi connectivity index (χ1) is 17.8. The number of aryl methyl sites for hydroxylation is 1. The maximum atomic E-state index is 13.1. The third kappa shape index (κ3) is 6.64. The fraction of sp³-hybridized carbons (Fsp3) is 0.125. The Morgan fingerprint density at radius 2 is 1.92 bits per heavy atom. The van der Waals surface area contributed by atoms with Crippen LogP contribution in [0.5, 0.6) is 0 Å². The second-order valence-electron chi connectivity index (χ2n) is 7.96. The van der Waals surface area contributed by atoms with E-state index in [4.69, 9.17) is 16.7 Å². The number of nitrogens with zero attached hydrogens (tertiary/aromatic N) is 6. The molecule has 1 atom stereocenters. The maximum Gasteiger partial charge on any atom is 0.335 e. The number of carbonyl (C=O) groups is 3. The zero-order valence-electron chi connectivity index (χ0n) is 19.4. The number of nitrogens with one attached hydrogen (secondary N) is 2. The van der Waals surface area contributed by atoms with Crippen LogP contribution in [0.3, 0.4) is 0 Å². The molecule has 37 heavy (non-hydrogen) atoms. The van der Waals surface area contributed by atoms with E-state index in [0.29, 0.717) is 27.7 Å². The molecule has 2 aromatic carbocycles. The van der Waals surface area contributed by atoms with Gasteiger partial charge in [0, 0.05) is 42.0 Å². The molecule has 3 N–H and O–H groups in total. The van der Waals surface area contributed by atoms with Gasteiger partial charge >= 0.3 is 5.97 Å². The second kappa shape index (κ2) is 11.3. The highest BCUT2D eigenvalue weighted by atomic mass is 35.5. The van der Waals surface area contributed by atoms with E-state index in [-0.39, 0.29) is 12.0 Å². The van der Waals surface area contributed by atoms with Crippen molar-refractivity contribution in [3.8, 4) is 5.69 Å². The lowest BCUT2D eigenvalue weighted by atomic mass is 10.1. The van der Waals surface area contributed by atoms with Crippen LogP contribution in [-0.4, -0.2) is 58.7 Å². The Morgan fingerprint density at radius 3 is 2.57 bits per heavy atom. The number of hydrogen-bond acceptors (Lipinski definition) is 7. The van der Waals surface area contributed by atoms with Gasteiger partial charge in [-0.25, -0.2) is 9.78 Å². The number of carbonyl (C=O) groups excluding carboxylic acids is 2. The molecule has 2 heterocycles. The van der Waals surface area contributed by atoms with E-state index in [1.807, 2.05) is 0 Å². The van der Waals surface area contributed by atoms with Gasteiger partial charge < -0.3 is 20.3 Å². The largest absolute Gasteiger partial charge is 0.478 e. The minimum absolute atomic E-state index is 0.0866. The van der Waals surface area contributed by atoms with Crippen molar-refractivity contribution < 1.29 is 19.5 Å². The van der Waals surface area contributed by atoms with Crippen molar-refractivity contribution in [3.05, 3.63) is 89.2 Å². The van der Waals surface area contributed by atoms with Crippen LogP contribution in [0, 0.1) is 0 Å². The fourth-order valence-electron chi connectivity index (χ4n) is 3.44. The maximum absolute atomic E-state index is 13.1. The van der Waals surface area contributed by atoms with E-state index < -0.39 is 23.8 Å². The number of benzene rings is 2. The molecule has 0 saturated heterocycles. The zero-order valence-corrected chi connectivity index (χ0v) is 20.2. The number of tetrazole rings is 1. The number of hydrogen-bond donors (Lipinski definition) is 3. The van der Waals surface area contributed by atoms with Gasteiger partial charge in [-0.05, 0) is 59.0 Å². The molecule has 0 radical (unpaired) electrons. The van der Waals surface area contributed by atoms with Gasteiger partial charge in [0.15, 0.2) is 0 Å². The first-order valence-corrected chi connectivity index (χ1v) is 11.3. The number of aromatic nitrogens is 6. The summed E-state index contributed by atoms with van der Waals surface area (Å²) < 4.78 is 3.16. The molecule has 2 aromatic heterocycles. The van der Waals surface area contributed by atoms with Crippen LogP contribution in [0.15, 0.2) is 67.4 Å². The van der Waals surface area contributed by atoms with Crippen molar-refractivity contribution in [2.24, 2.45) is 7.05 Å². The highest BCUT2D eigenvalue weighted by molar-refractivity contribution is 6.30. The third-order valence-corrected chi connectivity index (χ3v) is 5.44. The molecule has 0 aliphatic carbocycles. The van der Waals surface area contributed by atoms with Crippen LogP contribution >= 0.6 is 11.6 Å². The molecule has 2 amide bonds. The molecule has 0 spiro atoms. The van der Waals surface area contributed by atoms with Crippen molar-refractivity contribution >= 4 is 41.1 Å². The normalized spacial score (nSPS) is 11.8. The van der Waals surface area contributed by atoms with Crippen LogP contribution in [0.1, 0.15) is 21.6 Å². The highest BCUT2D eigenvalue weighted by Gasteiger charge is 2.22. The lowest BCUT2D eigenvalue weighted by Gasteiger charge is -2.17. The molecular formula is C24H21ClN8O4. The average molecular weight is 521 g/mol. The third-order valence-electron chi connectivity index (χ3n) is 5.20. The topological polar surface area (TPSA) is 157 Å². The summed E-state index contributed by atoms with van der Waals surface area (Å²) in [7, 11) is 1.80. The molecule has 4 aromatic rings. The van der Waals surface area contributed by atoms with E-state index in [0.717, 1.165) is 0 Å². The molecule has 0 bridgehead atoms. The summed E-state index contributed by atoms with van der Waals surface area (Å²) in [5.74, 6) is -2.10. The molecule has 0 aliphatic rings. The van der Waals surface area contributed by atoms with Gasteiger partial charge in [-0.1, -0.05) is 11.6 Å². The quantitative estimate of drug-likeness (QED) is 0.283. The van der Waals surface area contributed by atoms with E-state index in [1.54, 1.807) is 48.4 Å². The summed E-state index contributed by atoms with van der Waals surface area (Å²) in [6, 6.07) is 9.77. The zero-order chi connectivity index (χ0) is 26.4. The smallest absolute Gasteiger partial charge is 0.335 e. The van der Waals surface area contributed by atoms with Gasteiger partial charge in [-0.15, -0.1) is 5.10 Å². The number of imidazole rings is 1. The molecule has 0 fully saturated rings. The minimum atomic E-state index is -1.08. The molecule has 4 rings (SSSR count). The van der Waals surface area contributed by atoms with E-state index in [1.165, 1.54) is 41.4 Å². The number of carboxylic acids is 1. The van der Waals surface area contributed by atoms with Gasteiger partial charge in [0.1, 0.15) is 12.4 Å². The Hall–Kier alpha value is -4.84. The second-order valence-corrected chi connectivity index (χ2v) is 8.39. The summed E-state index contributed by atoms with van der Waals surface area (Å²) >= 11 is 6.13. The Morgan fingerprint density at radius 1 is 1.14 bits per heavy atom. The van der Waals surface area contributed by atoms with Crippen molar-refractivity contribution in [3.63, 3.8) is 0 Å². The summed E-state index contributed by atoms with van der Waals surface area (Å²) in [6.45, 7) is 0. The van der Waals surface area contributed by atoms with E-state index in [9.17, 15) is 14.4 Å². The Labute approximate surface area is 215 Å². The monoisotopic (exact) mass is 520 g/mol. The van der Waals surface area contributed by atoms with Crippen molar-refractivity contribution in [2.45, 2.75) is 12.5 Å². The van der Waals surface area contributed by atoms with Crippen LogP contribution < -0.4 is 10.6 Å². The van der Waals surface area contributed by atoms with Gasteiger partial charge in [0.25, 0.3) is 0 Å². The summed E-state index contributed by atoms with van der Waals surface area (Å²) in [6.07, 6.45) is 7.70. The van der Waals surface area contributed by atoms with Crippen LogP contribution in [0.2, 0.25) is 5.02 Å². The highest BCUT2D eigenvalue weighted by Crippen LogP contribution is 2.20. The van der Waals surface area contributed by atoms with Gasteiger partial charge in [0.2, 0.25) is 11.8 Å². The lowest BCUT2D eigenvalue weighted by Crippen LogP contribution is -2.44. The molecule has 188 valence electrons. The molecular weight excluding hydrogens is 500 g/mol. The number of halogens is 1.